The van der Waals surface area contributed by atoms with Gasteiger partial charge < -0.3 is 19.9 Å². The molecule has 3 aromatic rings. The fourth-order valence-corrected chi connectivity index (χ4v) is 4.04. The maximum atomic E-state index is 12.4. The zero-order chi connectivity index (χ0) is 23.3. The van der Waals surface area contributed by atoms with Gasteiger partial charge in [-0.15, -0.1) is 10.2 Å². The first-order chi connectivity index (χ1) is 15.3. The van der Waals surface area contributed by atoms with Crippen LogP contribution in [0.5, 0.6) is 5.75 Å². The lowest BCUT2D eigenvalue weighted by molar-refractivity contribution is -0.113. The number of nitrogens with zero attached hydrogens (tertiary/aromatic N) is 3. The highest BCUT2D eigenvalue weighted by Gasteiger charge is 2.15. The SMILES string of the molecule is COc1ccc(Cl)cc1NC(=O)CSc1nnc(CNC(=O)c2ccc(Cl)cc2Cl)n1C. The van der Waals surface area contributed by atoms with Gasteiger partial charge in [0.2, 0.25) is 5.91 Å². The van der Waals surface area contributed by atoms with Gasteiger partial charge in [0.1, 0.15) is 5.75 Å². The second kappa shape index (κ2) is 10.9. The summed E-state index contributed by atoms with van der Waals surface area (Å²) >= 11 is 19.1. The second-order valence-electron chi connectivity index (χ2n) is 6.45. The Labute approximate surface area is 203 Å². The highest BCUT2D eigenvalue weighted by Crippen LogP contribution is 2.28. The number of rotatable bonds is 8. The molecule has 2 amide bonds. The van der Waals surface area contributed by atoms with Gasteiger partial charge in [-0.3, -0.25) is 9.59 Å². The number of nitrogens with one attached hydrogen (secondary N) is 2. The molecule has 0 saturated carbocycles. The summed E-state index contributed by atoms with van der Waals surface area (Å²) < 4.78 is 6.92. The van der Waals surface area contributed by atoms with E-state index in [9.17, 15) is 9.59 Å². The molecule has 0 atom stereocenters. The third kappa shape index (κ3) is 6.07. The van der Waals surface area contributed by atoms with Crippen molar-refractivity contribution in [2.75, 3.05) is 18.2 Å². The maximum Gasteiger partial charge on any atom is 0.253 e. The topological polar surface area (TPSA) is 98.1 Å². The van der Waals surface area contributed by atoms with E-state index >= 15 is 0 Å². The van der Waals surface area contributed by atoms with E-state index < -0.39 is 0 Å². The second-order valence-corrected chi connectivity index (χ2v) is 8.67. The fraction of sp³-hybridized carbons (Fsp3) is 0.200. The first-order valence-corrected chi connectivity index (χ1v) is 11.3. The lowest BCUT2D eigenvalue weighted by Gasteiger charge is -2.10. The highest BCUT2D eigenvalue weighted by molar-refractivity contribution is 7.99. The lowest BCUT2D eigenvalue weighted by atomic mass is 10.2. The fourth-order valence-electron chi connectivity index (χ4n) is 2.65. The first kappa shape index (κ1) is 24.2. The van der Waals surface area contributed by atoms with Crippen LogP contribution in [0.15, 0.2) is 41.6 Å². The third-order valence-corrected chi connectivity index (χ3v) is 6.08. The van der Waals surface area contributed by atoms with Gasteiger partial charge in [-0.05, 0) is 36.4 Å². The predicted molar refractivity (Wildman–Crippen MR) is 126 cm³/mol. The van der Waals surface area contributed by atoms with Crippen LogP contribution in [0.3, 0.4) is 0 Å². The van der Waals surface area contributed by atoms with E-state index in [1.165, 1.54) is 24.9 Å². The summed E-state index contributed by atoms with van der Waals surface area (Å²) in [6.45, 7) is 0.133. The summed E-state index contributed by atoms with van der Waals surface area (Å²) in [6.07, 6.45) is 0. The molecule has 0 saturated heterocycles. The summed E-state index contributed by atoms with van der Waals surface area (Å²) in [5.74, 6) is 0.492. The minimum atomic E-state index is -0.362. The van der Waals surface area contributed by atoms with Crippen LogP contribution in [0.2, 0.25) is 15.1 Å². The lowest BCUT2D eigenvalue weighted by Crippen LogP contribution is -2.24. The van der Waals surface area contributed by atoms with Gasteiger partial charge in [-0.1, -0.05) is 46.6 Å². The Morgan fingerprint density at radius 2 is 1.81 bits per heavy atom. The van der Waals surface area contributed by atoms with Crippen molar-refractivity contribution in [2.45, 2.75) is 11.7 Å². The van der Waals surface area contributed by atoms with Crippen molar-refractivity contribution >= 4 is 64.1 Å². The van der Waals surface area contributed by atoms with Gasteiger partial charge in [0.05, 0.1) is 35.7 Å². The summed E-state index contributed by atoms with van der Waals surface area (Å²) in [6, 6.07) is 9.59. The summed E-state index contributed by atoms with van der Waals surface area (Å²) in [5, 5.41) is 15.4. The molecule has 0 aliphatic heterocycles. The average Bonchev–Trinajstić information content (AvgIpc) is 3.10. The largest absolute Gasteiger partial charge is 0.495 e. The van der Waals surface area contributed by atoms with Gasteiger partial charge in [0.25, 0.3) is 5.91 Å². The number of hydrogen-bond donors (Lipinski definition) is 2. The number of carbonyl (C=O) groups excluding carboxylic acids is 2. The summed E-state index contributed by atoms with van der Waals surface area (Å²) in [4.78, 5) is 24.7. The molecule has 1 aromatic heterocycles. The van der Waals surface area contributed by atoms with Crippen LogP contribution < -0.4 is 15.4 Å². The number of carbonyl (C=O) groups is 2. The molecule has 1 heterocycles. The molecule has 0 spiro atoms. The number of anilines is 1. The minimum Gasteiger partial charge on any atom is -0.495 e. The van der Waals surface area contributed by atoms with E-state index in [1.807, 2.05) is 0 Å². The van der Waals surface area contributed by atoms with Crippen LogP contribution in [-0.2, 0) is 18.4 Å². The molecule has 0 aliphatic carbocycles. The number of ether oxygens (including phenoxy) is 1. The molecule has 2 N–H and O–H groups in total. The van der Waals surface area contributed by atoms with Gasteiger partial charge in [-0.25, -0.2) is 0 Å². The standard InChI is InChI=1S/C20H18Cl3N5O3S/c1-28-17(9-24-19(30)13-5-3-11(21)7-14(13)23)26-27-20(28)32-10-18(29)25-15-8-12(22)4-6-16(15)31-2/h3-8H,9-10H2,1-2H3,(H,24,30)(H,25,29). The van der Waals surface area contributed by atoms with Crippen LogP contribution in [-0.4, -0.2) is 39.4 Å². The Hall–Kier alpha value is -2.46. The Morgan fingerprint density at radius 1 is 1.09 bits per heavy atom. The molecular formula is C20H18Cl3N5O3S. The highest BCUT2D eigenvalue weighted by atomic mass is 35.5. The molecule has 12 heteroatoms. The van der Waals surface area contributed by atoms with E-state index in [0.29, 0.717) is 38.0 Å². The zero-order valence-electron chi connectivity index (χ0n) is 17.0. The van der Waals surface area contributed by atoms with Crippen LogP contribution in [0.25, 0.3) is 0 Å². The van der Waals surface area contributed by atoms with E-state index in [4.69, 9.17) is 39.5 Å². The molecule has 2 aromatic carbocycles. The Balaban J connectivity index is 1.56. The minimum absolute atomic E-state index is 0.0916. The van der Waals surface area contributed by atoms with Crippen molar-refractivity contribution in [1.82, 2.24) is 20.1 Å². The number of thioether (sulfide) groups is 1. The van der Waals surface area contributed by atoms with Crippen LogP contribution >= 0.6 is 46.6 Å². The van der Waals surface area contributed by atoms with Crippen molar-refractivity contribution in [3.8, 4) is 5.75 Å². The van der Waals surface area contributed by atoms with E-state index in [0.717, 1.165) is 0 Å². The number of hydrogen-bond acceptors (Lipinski definition) is 6. The van der Waals surface area contributed by atoms with E-state index in [1.54, 1.807) is 41.9 Å². The molecule has 8 nitrogen and oxygen atoms in total. The van der Waals surface area contributed by atoms with Crippen molar-refractivity contribution in [2.24, 2.45) is 7.05 Å². The third-order valence-electron chi connectivity index (χ3n) is 4.28. The Bertz CT molecular complexity index is 1160. The van der Waals surface area contributed by atoms with Crippen molar-refractivity contribution in [3.63, 3.8) is 0 Å². The zero-order valence-corrected chi connectivity index (χ0v) is 20.1. The molecule has 0 fully saturated rings. The molecule has 0 aliphatic rings. The van der Waals surface area contributed by atoms with Gasteiger partial charge in [0.15, 0.2) is 11.0 Å². The number of methoxy groups -OCH3 is 1. The quantitative estimate of drug-likeness (QED) is 0.431. The van der Waals surface area contributed by atoms with Crippen LogP contribution in [0, 0.1) is 0 Å². The van der Waals surface area contributed by atoms with Crippen molar-refractivity contribution in [1.29, 1.82) is 0 Å². The normalized spacial score (nSPS) is 10.7. The van der Waals surface area contributed by atoms with E-state index in [2.05, 4.69) is 20.8 Å². The van der Waals surface area contributed by atoms with Gasteiger partial charge >= 0.3 is 0 Å². The summed E-state index contributed by atoms with van der Waals surface area (Å²) in [7, 11) is 3.26. The number of benzene rings is 2. The molecule has 3 rings (SSSR count). The molecule has 0 unspecified atom stereocenters. The summed E-state index contributed by atoms with van der Waals surface area (Å²) in [5.41, 5.74) is 0.786. The van der Waals surface area contributed by atoms with Gasteiger partial charge in [-0.2, -0.15) is 0 Å². The Morgan fingerprint density at radius 3 is 2.53 bits per heavy atom. The van der Waals surface area contributed by atoms with Crippen LogP contribution in [0.4, 0.5) is 5.69 Å². The number of amides is 2. The maximum absolute atomic E-state index is 12.4. The molecule has 32 heavy (non-hydrogen) atoms. The van der Waals surface area contributed by atoms with Crippen molar-refractivity contribution < 1.29 is 14.3 Å². The Kier molecular flexibility index (Phi) is 8.25. The van der Waals surface area contributed by atoms with Crippen LogP contribution in [0.1, 0.15) is 16.2 Å². The molecule has 168 valence electrons. The van der Waals surface area contributed by atoms with E-state index in [-0.39, 0.29) is 29.1 Å². The molecule has 0 radical (unpaired) electrons. The smallest absolute Gasteiger partial charge is 0.253 e. The molecular weight excluding hydrogens is 497 g/mol. The number of aromatic nitrogens is 3. The first-order valence-electron chi connectivity index (χ1n) is 9.16. The monoisotopic (exact) mass is 513 g/mol. The predicted octanol–water partition coefficient (Wildman–Crippen LogP) is 4.44. The molecule has 0 bridgehead atoms. The number of halogens is 3. The van der Waals surface area contributed by atoms with Gasteiger partial charge in [0, 0.05) is 17.1 Å². The van der Waals surface area contributed by atoms with Crippen molar-refractivity contribution in [3.05, 3.63) is 62.9 Å². The average molecular weight is 515 g/mol.